The maximum atomic E-state index is 10.6. The van der Waals surface area contributed by atoms with Gasteiger partial charge in [0.25, 0.3) is 5.97 Å². The number of carbonyl (C=O) groups excluding carboxylic acids is 1. The molecule has 2 fully saturated rings. The first kappa shape index (κ1) is 46.9. The van der Waals surface area contributed by atoms with E-state index in [4.69, 9.17) is 24.9 Å². The monoisotopic (exact) mass is 554 g/mol. The summed E-state index contributed by atoms with van der Waals surface area (Å²) in [4.78, 5) is 19.6. The number of halogens is 2. The van der Waals surface area contributed by atoms with E-state index in [1.807, 2.05) is 19.1 Å². The van der Waals surface area contributed by atoms with Crippen molar-refractivity contribution in [1.29, 1.82) is 0 Å². The Morgan fingerprint density at radius 2 is 1.17 bits per heavy atom. The van der Waals surface area contributed by atoms with Crippen molar-refractivity contribution in [3.05, 3.63) is 59.7 Å². The zero-order valence-electron chi connectivity index (χ0n) is 19.8. The lowest BCUT2D eigenvalue weighted by Crippen LogP contribution is -1.94. The van der Waals surface area contributed by atoms with E-state index in [1.165, 1.54) is 11.9 Å². The second-order valence-electron chi connectivity index (χ2n) is 6.66. The maximum absolute atomic E-state index is 10.6. The SMILES string of the molecule is C.C.C.C1CO1.CC(=O)Cc1ccc(O)cc1.CC(=O)O.CC1CO1.CCl.Cc1ccc(O)cc1.Cl. The van der Waals surface area contributed by atoms with Gasteiger partial charge in [-0.25, -0.2) is 0 Å². The van der Waals surface area contributed by atoms with Crippen molar-refractivity contribution in [2.45, 2.75) is 62.5 Å². The summed E-state index contributed by atoms with van der Waals surface area (Å²) in [5.74, 6) is -0.136. The van der Waals surface area contributed by atoms with Crippen LogP contribution in [0.4, 0.5) is 0 Å². The Hall–Kier alpha value is -2.32. The van der Waals surface area contributed by atoms with E-state index in [1.54, 1.807) is 43.3 Å². The third kappa shape index (κ3) is 45.2. The van der Waals surface area contributed by atoms with Gasteiger partial charge < -0.3 is 24.8 Å². The summed E-state index contributed by atoms with van der Waals surface area (Å²) < 4.78 is 9.21. The van der Waals surface area contributed by atoms with Crippen LogP contribution in [-0.4, -0.2) is 59.4 Å². The molecule has 7 nitrogen and oxygen atoms in total. The van der Waals surface area contributed by atoms with Crippen LogP contribution >= 0.6 is 24.0 Å². The first-order valence-electron chi connectivity index (χ1n) is 9.89. The quantitative estimate of drug-likeness (QED) is 0.272. The number of ketones is 1. The van der Waals surface area contributed by atoms with Gasteiger partial charge in [-0.05, 0) is 50.6 Å². The van der Waals surface area contributed by atoms with Crippen molar-refractivity contribution in [3.63, 3.8) is 0 Å². The minimum absolute atomic E-state index is 0. The largest absolute Gasteiger partial charge is 0.508 e. The highest BCUT2D eigenvalue weighted by atomic mass is 35.5. The molecule has 1 atom stereocenters. The molecule has 1 unspecified atom stereocenters. The van der Waals surface area contributed by atoms with Crippen LogP contribution in [0.2, 0.25) is 0 Å². The second-order valence-corrected chi connectivity index (χ2v) is 6.66. The van der Waals surface area contributed by atoms with Gasteiger partial charge in [0.1, 0.15) is 17.3 Å². The van der Waals surface area contributed by atoms with Crippen LogP contribution in [0.25, 0.3) is 0 Å². The Balaban J connectivity index is -0.0000000799. The summed E-state index contributed by atoms with van der Waals surface area (Å²) in [7, 11) is 0. The lowest BCUT2D eigenvalue weighted by Gasteiger charge is -1.96. The second kappa shape index (κ2) is 30.7. The molecule has 0 aliphatic carbocycles. The van der Waals surface area contributed by atoms with Crippen LogP contribution in [0.1, 0.15) is 54.2 Å². The number of carboxylic acid groups (broad SMARTS) is 1. The van der Waals surface area contributed by atoms with Crippen LogP contribution in [0, 0.1) is 6.92 Å². The van der Waals surface area contributed by atoms with E-state index in [0.717, 1.165) is 32.3 Å². The van der Waals surface area contributed by atoms with Crippen LogP contribution in [0.15, 0.2) is 48.5 Å². The first-order valence-corrected chi connectivity index (χ1v) is 10.7. The van der Waals surface area contributed by atoms with Crippen molar-refractivity contribution >= 4 is 35.8 Å². The number of carboxylic acids is 1. The number of epoxide rings is 2. The predicted molar refractivity (Wildman–Crippen MR) is 154 cm³/mol. The van der Waals surface area contributed by atoms with Gasteiger partial charge in [0, 0.05) is 19.7 Å². The lowest BCUT2D eigenvalue weighted by atomic mass is 10.1. The Kier molecular flexibility index (Phi) is 40.0. The molecular formula is C27H48Cl2O7. The predicted octanol–water partition coefficient (Wildman–Crippen LogP) is 6.92. The molecule has 2 heterocycles. The number of phenols is 2. The third-order valence-electron chi connectivity index (χ3n) is 3.13. The average molecular weight is 556 g/mol. The fraction of sp³-hybridized carbons (Fsp3) is 0.481. The molecule has 36 heavy (non-hydrogen) atoms. The van der Waals surface area contributed by atoms with E-state index in [2.05, 4.69) is 23.3 Å². The normalized spacial score (nSPS) is 12.2. The van der Waals surface area contributed by atoms with Gasteiger partial charge >= 0.3 is 0 Å². The Morgan fingerprint density at radius 1 is 0.889 bits per heavy atom. The molecule has 212 valence electrons. The van der Waals surface area contributed by atoms with Gasteiger partial charge in [-0.1, -0.05) is 52.1 Å². The average Bonchev–Trinajstić information content (AvgIpc) is 3.63. The van der Waals surface area contributed by atoms with Crippen molar-refractivity contribution in [1.82, 2.24) is 0 Å². The molecule has 2 aliphatic rings. The number of phenolic OH excluding ortho intramolecular Hbond substituents is 2. The number of Topliss-reactive ketones (excluding diaryl/α,β-unsaturated/α-hetero) is 1. The van der Waals surface area contributed by atoms with Crippen molar-refractivity contribution in [2.75, 3.05) is 26.2 Å². The Morgan fingerprint density at radius 3 is 1.36 bits per heavy atom. The van der Waals surface area contributed by atoms with Crippen LogP contribution in [0.3, 0.4) is 0 Å². The molecule has 0 spiro atoms. The molecule has 2 aromatic carbocycles. The minimum Gasteiger partial charge on any atom is -0.508 e. The van der Waals surface area contributed by atoms with E-state index < -0.39 is 5.97 Å². The molecule has 0 bridgehead atoms. The summed E-state index contributed by atoms with van der Waals surface area (Å²) in [6.45, 7) is 9.66. The van der Waals surface area contributed by atoms with E-state index in [9.17, 15) is 4.79 Å². The molecule has 3 N–H and O–H groups in total. The van der Waals surface area contributed by atoms with Crippen LogP contribution in [0.5, 0.6) is 11.5 Å². The van der Waals surface area contributed by atoms with E-state index in [-0.39, 0.29) is 46.2 Å². The number of aryl methyl sites for hydroxylation is 1. The van der Waals surface area contributed by atoms with Gasteiger partial charge in [0.2, 0.25) is 0 Å². The molecule has 4 rings (SSSR count). The van der Waals surface area contributed by atoms with Crippen molar-refractivity contribution in [3.8, 4) is 11.5 Å². The molecule has 9 heteroatoms. The molecule has 0 amide bonds. The maximum Gasteiger partial charge on any atom is 0.300 e. The minimum atomic E-state index is -0.833. The molecule has 0 aromatic heterocycles. The number of hydrogen-bond donors (Lipinski definition) is 3. The van der Waals surface area contributed by atoms with Crippen LogP contribution in [-0.2, 0) is 25.5 Å². The Labute approximate surface area is 229 Å². The number of benzene rings is 2. The van der Waals surface area contributed by atoms with Crippen molar-refractivity contribution < 1.29 is 34.4 Å². The van der Waals surface area contributed by atoms with Gasteiger partial charge in [0.15, 0.2) is 0 Å². The molecule has 0 saturated carbocycles. The molecule has 2 saturated heterocycles. The van der Waals surface area contributed by atoms with Gasteiger partial charge in [-0.15, -0.1) is 24.0 Å². The first-order chi connectivity index (χ1) is 15.1. The fourth-order valence-electron chi connectivity index (χ4n) is 1.54. The smallest absolute Gasteiger partial charge is 0.300 e. The number of aromatic hydroxyl groups is 2. The van der Waals surface area contributed by atoms with Crippen molar-refractivity contribution in [2.24, 2.45) is 0 Å². The zero-order chi connectivity index (χ0) is 24.9. The van der Waals surface area contributed by atoms with E-state index >= 15 is 0 Å². The number of rotatable bonds is 2. The van der Waals surface area contributed by atoms with Gasteiger partial charge in [0.05, 0.1) is 25.9 Å². The van der Waals surface area contributed by atoms with Gasteiger partial charge in [-0.3, -0.25) is 9.59 Å². The molecule has 2 aliphatic heterocycles. The number of aliphatic carboxylic acids is 1. The summed E-state index contributed by atoms with van der Waals surface area (Å²) in [6, 6.07) is 13.7. The molecular weight excluding hydrogens is 507 g/mol. The Bertz CT molecular complexity index is 703. The highest BCUT2D eigenvalue weighted by Crippen LogP contribution is 2.10. The third-order valence-corrected chi connectivity index (χ3v) is 3.13. The molecule has 2 aromatic rings. The summed E-state index contributed by atoms with van der Waals surface area (Å²) in [6.07, 6.45) is 2.50. The fourth-order valence-corrected chi connectivity index (χ4v) is 1.54. The number of ether oxygens (including phenoxy) is 2. The number of hydrogen-bond acceptors (Lipinski definition) is 6. The van der Waals surface area contributed by atoms with Gasteiger partial charge in [-0.2, -0.15) is 0 Å². The standard InChI is InChI=1S/C9H10O2.C7H8O.C3H6O.C2H4O2.C2H4O.CH3Cl.3CH4.ClH/c1-7(10)6-8-2-4-9(11)5-3-8;1-6-2-4-7(8)5-3-6;1-3-2-4-3;1-2(3)4;1-2-3-1;1-2;;;;/h2-5,11H,6H2,1H3;2-5,8H,1H3;3H,2H2,1H3;1H3,(H,3,4);1-2H2;1H3;3*1H4;1H. The number of carbonyl (C=O) groups is 2. The zero-order valence-corrected chi connectivity index (χ0v) is 21.4. The highest BCUT2D eigenvalue weighted by molar-refractivity contribution is 6.15. The molecule has 0 radical (unpaired) electrons. The summed E-state index contributed by atoms with van der Waals surface area (Å²) in [5.41, 5.74) is 2.11. The lowest BCUT2D eigenvalue weighted by molar-refractivity contribution is -0.134. The summed E-state index contributed by atoms with van der Waals surface area (Å²) >= 11 is 4.64. The van der Waals surface area contributed by atoms with Crippen LogP contribution < -0.4 is 0 Å². The van der Waals surface area contributed by atoms with E-state index in [0.29, 0.717) is 18.3 Å². The highest BCUT2D eigenvalue weighted by Gasteiger charge is 2.13. The summed E-state index contributed by atoms with van der Waals surface area (Å²) in [5, 5.41) is 25.1. The topological polar surface area (TPSA) is 120 Å². The number of alkyl halides is 1.